The molecular formula is C10H13N3O2. The SMILES string of the molecule is O=C(c1cnoc1)N1CCC2CNC2C1. The zero-order valence-corrected chi connectivity index (χ0v) is 8.35. The molecule has 3 rings (SSSR count). The molecule has 0 spiro atoms. The summed E-state index contributed by atoms with van der Waals surface area (Å²) < 4.78 is 4.68. The van der Waals surface area contributed by atoms with Crippen LogP contribution >= 0.6 is 0 Å². The molecule has 0 aliphatic carbocycles. The normalized spacial score (nSPS) is 29.5. The zero-order valence-electron chi connectivity index (χ0n) is 8.35. The number of piperidine rings is 1. The van der Waals surface area contributed by atoms with E-state index < -0.39 is 0 Å². The van der Waals surface area contributed by atoms with Crippen molar-refractivity contribution in [2.75, 3.05) is 19.6 Å². The third-order valence-corrected chi connectivity index (χ3v) is 3.36. The van der Waals surface area contributed by atoms with Crippen molar-refractivity contribution in [3.8, 4) is 0 Å². The lowest BCUT2D eigenvalue weighted by Crippen LogP contribution is -2.62. The van der Waals surface area contributed by atoms with E-state index in [9.17, 15) is 4.79 Å². The van der Waals surface area contributed by atoms with Crippen LogP contribution in [-0.4, -0.2) is 41.6 Å². The van der Waals surface area contributed by atoms with Crippen molar-refractivity contribution < 1.29 is 9.32 Å². The maximum atomic E-state index is 11.9. The first-order chi connectivity index (χ1) is 7.34. The lowest BCUT2D eigenvalue weighted by Gasteiger charge is -2.46. The number of carbonyl (C=O) groups is 1. The Morgan fingerprint density at radius 1 is 1.67 bits per heavy atom. The number of nitrogens with zero attached hydrogens (tertiary/aromatic N) is 2. The van der Waals surface area contributed by atoms with Gasteiger partial charge < -0.3 is 14.7 Å². The Morgan fingerprint density at radius 3 is 3.20 bits per heavy atom. The summed E-state index contributed by atoms with van der Waals surface area (Å²) in [5.41, 5.74) is 0.549. The third kappa shape index (κ3) is 1.43. The lowest BCUT2D eigenvalue weighted by atomic mass is 9.85. The van der Waals surface area contributed by atoms with Crippen molar-refractivity contribution in [3.05, 3.63) is 18.0 Å². The van der Waals surface area contributed by atoms with Crippen molar-refractivity contribution in [1.82, 2.24) is 15.4 Å². The molecule has 0 saturated carbocycles. The third-order valence-electron chi connectivity index (χ3n) is 3.36. The first kappa shape index (κ1) is 8.91. The first-order valence-corrected chi connectivity index (χ1v) is 5.26. The molecule has 0 aromatic carbocycles. The average molecular weight is 207 g/mol. The van der Waals surface area contributed by atoms with Gasteiger partial charge in [-0.3, -0.25) is 4.79 Å². The van der Waals surface area contributed by atoms with Crippen molar-refractivity contribution in [3.63, 3.8) is 0 Å². The topological polar surface area (TPSA) is 58.4 Å². The minimum Gasteiger partial charge on any atom is -0.364 e. The molecule has 2 aliphatic rings. The van der Waals surface area contributed by atoms with Crippen LogP contribution < -0.4 is 5.32 Å². The summed E-state index contributed by atoms with van der Waals surface area (Å²) in [5.74, 6) is 0.805. The second-order valence-corrected chi connectivity index (χ2v) is 4.23. The predicted octanol–water partition coefficient (Wildman–Crippen LogP) is 0.108. The van der Waals surface area contributed by atoms with E-state index in [-0.39, 0.29) is 5.91 Å². The van der Waals surface area contributed by atoms with Crippen LogP contribution in [0, 0.1) is 5.92 Å². The number of fused-ring (bicyclic) bond motifs is 1. The summed E-state index contributed by atoms with van der Waals surface area (Å²) >= 11 is 0. The summed E-state index contributed by atoms with van der Waals surface area (Å²) in [6, 6.07) is 0.502. The predicted molar refractivity (Wildman–Crippen MR) is 52.3 cm³/mol. The van der Waals surface area contributed by atoms with Crippen molar-refractivity contribution in [2.24, 2.45) is 5.92 Å². The van der Waals surface area contributed by atoms with E-state index in [1.54, 1.807) is 0 Å². The Balaban J connectivity index is 1.70. The quantitative estimate of drug-likeness (QED) is 0.710. The second kappa shape index (κ2) is 3.34. The Kier molecular flexibility index (Phi) is 1.98. The van der Waals surface area contributed by atoms with Gasteiger partial charge in [0.25, 0.3) is 5.91 Å². The average Bonchev–Trinajstić information content (AvgIpc) is 2.72. The molecular weight excluding hydrogens is 194 g/mol. The zero-order chi connectivity index (χ0) is 10.3. The van der Waals surface area contributed by atoms with Gasteiger partial charge in [0, 0.05) is 19.1 Å². The highest BCUT2D eigenvalue weighted by atomic mass is 16.5. The number of amides is 1. The van der Waals surface area contributed by atoms with Crippen molar-refractivity contribution >= 4 is 5.91 Å². The van der Waals surface area contributed by atoms with Crippen molar-refractivity contribution in [1.29, 1.82) is 0 Å². The summed E-state index contributed by atoms with van der Waals surface area (Å²) in [4.78, 5) is 13.8. The molecule has 2 fully saturated rings. The minimum absolute atomic E-state index is 0.0309. The molecule has 1 N–H and O–H groups in total. The van der Waals surface area contributed by atoms with Crippen LogP contribution in [0.15, 0.2) is 17.0 Å². The molecule has 1 aromatic rings. The van der Waals surface area contributed by atoms with Gasteiger partial charge in [-0.15, -0.1) is 0 Å². The van der Waals surface area contributed by atoms with E-state index in [2.05, 4.69) is 15.0 Å². The fraction of sp³-hybridized carbons (Fsp3) is 0.600. The Hall–Kier alpha value is -1.36. The van der Waals surface area contributed by atoms with E-state index in [1.165, 1.54) is 12.5 Å². The molecule has 1 amide bonds. The molecule has 15 heavy (non-hydrogen) atoms. The number of rotatable bonds is 1. The number of likely N-dealkylation sites (tertiary alicyclic amines) is 1. The Bertz CT molecular complexity index is 363. The molecule has 2 atom stereocenters. The number of carbonyl (C=O) groups excluding carboxylic acids is 1. The van der Waals surface area contributed by atoms with Crippen molar-refractivity contribution in [2.45, 2.75) is 12.5 Å². The number of hydrogen-bond acceptors (Lipinski definition) is 4. The van der Waals surface area contributed by atoms with Gasteiger partial charge in [0.05, 0.1) is 11.8 Å². The highest BCUT2D eigenvalue weighted by Gasteiger charge is 2.37. The van der Waals surface area contributed by atoms with Gasteiger partial charge in [-0.05, 0) is 18.9 Å². The highest BCUT2D eigenvalue weighted by molar-refractivity contribution is 5.93. The molecule has 2 aliphatic heterocycles. The van der Waals surface area contributed by atoms with Crippen LogP contribution in [-0.2, 0) is 0 Å². The van der Waals surface area contributed by atoms with E-state index in [0.29, 0.717) is 11.6 Å². The summed E-state index contributed by atoms with van der Waals surface area (Å²) in [6.45, 7) is 2.78. The molecule has 1 aromatic heterocycles. The second-order valence-electron chi connectivity index (χ2n) is 4.23. The number of nitrogens with one attached hydrogen (secondary N) is 1. The van der Waals surface area contributed by atoms with Gasteiger partial charge >= 0.3 is 0 Å². The lowest BCUT2D eigenvalue weighted by molar-refractivity contribution is 0.0518. The summed E-state index contributed by atoms with van der Waals surface area (Å²) in [5, 5.41) is 6.89. The van der Waals surface area contributed by atoms with E-state index in [1.807, 2.05) is 4.90 Å². The fourth-order valence-electron chi connectivity index (χ4n) is 2.30. The molecule has 2 saturated heterocycles. The van der Waals surface area contributed by atoms with Gasteiger partial charge in [-0.25, -0.2) is 0 Å². The van der Waals surface area contributed by atoms with Crippen LogP contribution in [0.1, 0.15) is 16.8 Å². The highest BCUT2D eigenvalue weighted by Crippen LogP contribution is 2.24. The van der Waals surface area contributed by atoms with E-state index >= 15 is 0 Å². The molecule has 0 radical (unpaired) electrons. The number of hydrogen-bond donors (Lipinski definition) is 1. The molecule has 2 unspecified atom stereocenters. The van der Waals surface area contributed by atoms with Gasteiger partial charge in [0.1, 0.15) is 6.26 Å². The van der Waals surface area contributed by atoms with Crippen LogP contribution in [0.5, 0.6) is 0 Å². The molecule has 3 heterocycles. The summed E-state index contributed by atoms with van der Waals surface area (Å²) in [6.07, 6.45) is 3.99. The molecule has 80 valence electrons. The Labute approximate surface area is 87.4 Å². The van der Waals surface area contributed by atoms with E-state index in [4.69, 9.17) is 0 Å². The Morgan fingerprint density at radius 2 is 2.60 bits per heavy atom. The largest absolute Gasteiger partial charge is 0.364 e. The standard InChI is InChI=1S/C10H13N3O2/c14-10(8-4-12-15-6-8)13-2-1-7-3-11-9(7)5-13/h4,6-7,9,11H,1-3,5H2. The monoisotopic (exact) mass is 207 g/mol. The smallest absolute Gasteiger partial charge is 0.258 e. The van der Waals surface area contributed by atoms with Gasteiger partial charge in [0.15, 0.2) is 0 Å². The van der Waals surface area contributed by atoms with E-state index in [0.717, 1.165) is 32.0 Å². The number of aromatic nitrogens is 1. The van der Waals surface area contributed by atoms with Gasteiger partial charge in [-0.2, -0.15) is 0 Å². The van der Waals surface area contributed by atoms with Crippen LogP contribution in [0.25, 0.3) is 0 Å². The molecule has 5 nitrogen and oxygen atoms in total. The molecule has 0 bridgehead atoms. The van der Waals surface area contributed by atoms with Gasteiger partial charge in [-0.1, -0.05) is 5.16 Å². The summed E-state index contributed by atoms with van der Waals surface area (Å²) in [7, 11) is 0. The van der Waals surface area contributed by atoms with Crippen LogP contribution in [0.4, 0.5) is 0 Å². The van der Waals surface area contributed by atoms with Crippen LogP contribution in [0.2, 0.25) is 0 Å². The molecule has 5 heteroatoms. The maximum Gasteiger partial charge on any atom is 0.258 e. The van der Waals surface area contributed by atoms with Crippen LogP contribution in [0.3, 0.4) is 0 Å². The first-order valence-electron chi connectivity index (χ1n) is 5.26. The maximum absolute atomic E-state index is 11.9. The van der Waals surface area contributed by atoms with Gasteiger partial charge in [0.2, 0.25) is 0 Å². The fourth-order valence-corrected chi connectivity index (χ4v) is 2.30. The minimum atomic E-state index is 0.0309.